The molecule has 0 heterocycles. The summed E-state index contributed by atoms with van der Waals surface area (Å²) in [6.07, 6.45) is -0.741. The second-order valence-electron chi connectivity index (χ2n) is 4.31. The molecule has 1 aliphatic rings. The van der Waals surface area contributed by atoms with Crippen molar-refractivity contribution in [2.24, 2.45) is 5.92 Å². The average Bonchev–Trinajstić information content (AvgIpc) is 3.08. The van der Waals surface area contributed by atoms with Crippen LogP contribution in [0.5, 0.6) is 0 Å². The summed E-state index contributed by atoms with van der Waals surface area (Å²) >= 11 is 16.4. The van der Waals surface area contributed by atoms with Gasteiger partial charge in [0.1, 0.15) is 0 Å². The van der Waals surface area contributed by atoms with Crippen molar-refractivity contribution in [1.29, 1.82) is 0 Å². The van der Waals surface area contributed by atoms with Gasteiger partial charge in [-0.3, -0.25) is 4.79 Å². The lowest BCUT2D eigenvalue weighted by atomic mass is 10.1. The predicted octanol–water partition coefficient (Wildman–Crippen LogP) is 2.59. The number of hydrogen-bond acceptors (Lipinski definition) is 2. The van der Waals surface area contributed by atoms with E-state index in [-0.39, 0.29) is 17.7 Å². The third kappa shape index (κ3) is 3.29. The molecule has 2 rings (SSSR count). The van der Waals surface area contributed by atoms with Crippen LogP contribution in [0.25, 0.3) is 0 Å². The van der Waals surface area contributed by atoms with E-state index in [0.717, 1.165) is 12.0 Å². The molecule has 1 saturated carbocycles. The number of alkyl halides is 3. The maximum Gasteiger partial charge on any atom is 0.234 e. The number of aliphatic hydroxyl groups excluding tert-OH is 1. The Hall–Kier alpha value is -0.480. The number of nitrogens with one attached hydrogen (secondary N) is 1. The molecule has 1 fully saturated rings. The Balaban J connectivity index is 1.91. The molecule has 0 radical (unpaired) electrons. The molecule has 0 saturated heterocycles. The van der Waals surface area contributed by atoms with E-state index in [9.17, 15) is 9.90 Å². The largest absolute Gasteiger partial charge is 0.369 e. The Morgan fingerprint density at radius 2 is 1.94 bits per heavy atom. The minimum Gasteiger partial charge on any atom is -0.369 e. The number of halogens is 3. The molecule has 18 heavy (non-hydrogen) atoms. The number of carbonyl (C=O) groups excluding carboxylic acids is 1. The van der Waals surface area contributed by atoms with Crippen molar-refractivity contribution < 1.29 is 9.90 Å². The number of hydrogen-bond donors (Lipinski definition) is 2. The van der Waals surface area contributed by atoms with Gasteiger partial charge in [-0.15, -0.1) is 0 Å². The van der Waals surface area contributed by atoms with E-state index >= 15 is 0 Å². The normalized spacial score (nSPS) is 24.4. The molecule has 3 nitrogen and oxygen atoms in total. The quantitative estimate of drug-likeness (QED) is 0.666. The van der Waals surface area contributed by atoms with Crippen LogP contribution in [0.3, 0.4) is 0 Å². The molecular weight excluding hydrogens is 296 g/mol. The van der Waals surface area contributed by atoms with Gasteiger partial charge in [0.2, 0.25) is 9.70 Å². The summed E-state index contributed by atoms with van der Waals surface area (Å²) in [5.41, 5.74) is 1.11. The number of carbonyl (C=O) groups is 1. The van der Waals surface area contributed by atoms with Crippen molar-refractivity contribution in [3.63, 3.8) is 0 Å². The molecule has 1 aromatic carbocycles. The Labute approximate surface area is 120 Å². The van der Waals surface area contributed by atoms with Gasteiger partial charge in [0.05, 0.1) is 0 Å². The van der Waals surface area contributed by atoms with Crippen LogP contribution in [-0.4, -0.2) is 21.0 Å². The Kier molecular flexibility index (Phi) is 4.07. The van der Waals surface area contributed by atoms with Gasteiger partial charge < -0.3 is 10.4 Å². The van der Waals surface area contributed by atoms with Gasteiger partial charge in [0.15, 0.2) is 6.23 Å². The summed E-state index contributed by atoms with van der Waals surface area (Å²) in [6.45, 7) is 0. The van der Waals surface area contributed by atoms with E-state index in [2.05, 4.69) is 5.32 Å². The van der Waals surface area contributed by atoms with Gasteiger partial charge in [-0.2, -0.15) is 0 Å². The van der Waals surface area contributed by atoms with Crippen LogP contribution in [0, 0.1) is 5.92 Å². The number of aliphatic hydroxyl groups is 1. The highest BCUT2D eigenvalue weighted by molar-refractivity contribution is 6.68. The molecule has 6 heteroatoms. The summed E-state index contributed by atoms with van der Waals surface area (Å²) in [5, 5.41) is 11.8. The predicted molar refractivity (Wildman–Crippen MR) is 71.7 cm³/mol. The highest BCUT2D eigenvalue weighted by Crippen LogP contribution is 2.47. The monoisotopic (exact) mass is 307 g/mol. The van der Waals surface area contributed by atoms with E-state index in [4.69, 9.17) is 34.8 Å². The van der Waals surface area contributed by atoms with Crippen LogP contribution in [0.15, 0.2) is 30.3 Å². The van der Waals surface area contributed by atoms with Gasteiger partial charge in [0.25, 0.3) is 0 Å². The van der Waals surface area contributed by atoms with Crippen molar-refractivity contribution in [2.45, 2.75) is 22.4 Å². The van der Waals surface area contributed by atoms with E-state index in [1.807, 2.05) is 30.3 Å². The average molecular weight is 309 g/mol. The molecule has 0 bridgehead atoms. The highest BCUT2D eigenvalue weighted by atomic mass is 35.6. The summed E-state index contributed by atoms with van der Waals surface area (Å²) < 4.78 is -1.91. The molecular formula is C12H12Cl3NO2. The lowest BCUT2D eigenvalue weighted by Gasteiger charge is -2.19. The minimum absolute atomic E-state index is 0.158. The maximum absolute atomic E-state index is 11.8. The van der Waals surface area contributed by atoms with Crippen LogP contribution in [0.1, 0.15) is 17.9 Å². The van der Waals surface area contributed by atoms with Crippen LogP contribution < -0.4 is 5.32 Å². The second-order valence-corrected chi connectivity index (χ2v) is 6.68. The van der Waals surface area contributed by atoms with Crippen LogP contribution in [0.4, 0.5) is 0 Å². The van der Waals surface area contributed by atoms with Crippen molar-refractivity contribution >= 4 is 40.7 Å². The zero-order valence-electron chi connectivity index (χ0n) is 9.32. The van der Waals surface area contributed by atoms with Crippen molar-refractivity contribution in [3.05, 3.63) is 35.9 Å². The van der Waals surface area contributed by atoms with E-state index in [1.165, 1.54) is 0 Å². The summed E-state index contributed by atoms with van der Waals surface area (Å²) in [6, 6.07) is 9.73. The van der Waals surface area contributed by atoms with Crippen LogP contribution in [0.2, 0.25) is 0 Å². The van der Waals surface area contributed by atoms with E-state index in [1.54, 1.807) is 0 Å². The van der Waals surface area contributed by atoms with Gasteiger partial charge in [-0.05, 0) is 17.9 Å². The summed E-state index contributed by atoms with van der Waals surface area (Å²) in [5.74, 6) is -0.258. The lowest BCUT2D eigenvalue weighted by molar-refractivity contribution is -0.125. The molecule has 0 aliphatic heterocycles. The second kappa shape index (κ2) is 5.25. The van der Waals surface area contributed by atoms with Gasteiger partial charge >= 0.3 is 0 Å². The fourth-order valence-corrected chi connectivity index (χ4v) is 2.04. The first-order valence-electron chi connectivity index (χ1n) is 5.49. The highest BCUT2D eigenvalue weighted by Gasteiger charge is 2.45. The minimum atomic E-state index is -1.91. The molecule has 0 aromatic heterocycles. The molecule has 0 spiro atoms. The molecule has 98 valence electrons. The van der Waals surface area contributed by atoms with Gasteiger partial charge in [-0.25, -0.2) is 0 Å². The fraction of sp³-hybridized carbons (Fsp3) is 0.417. The zero-order valence-corrected chi connectivity index (χ0v) is 11.6. The Bertz CT molecular complexity index is 433. The first kappa shape index (κ1) is 13.9. The maximum atomic E-state index is 11.8. The third-order valence-corrected chi connectivity index (χ3v) is 3.56. The Morgan fingerprint density at radius 3 is 2.50 bits per heavy atom. The van der Waals surface area contributed by atoms with E-state index in [0.29, 0.717) is 0 Å². The molecule has 0 unspecified atom stereocenters. The smallest absolute Gasteiger partial charge is 0.234 e. The lowest BCUT2D eigenvalue weighted by Crippen LogP contribution is -2.44. The fourth-order valence-electron chi connectivity index (χ4n) is 1.88. The first-order chi connectivity index (χ1) is 8.39. The number of benzene rings is 1. The number of rotatable bonds is 3. The molecule has 2 N–H and O–H groups in total. The molecule has 1 amide bonds. The number of amides is 1. The van der Waals surface area contributed by atoms with Crippen molar-refractivity contribution in [2.75, 3.05) is 0 Å². The molecule has 3 atom stereocenters. The summed E-state index contributed by atoms with van der Waals surface area (Å²) in [7, 11) is 0. The molecule has 1 aromatic rings. The molecule has 1 aliphatic carbocycles. The third-order valence-electron chi connectivity index (χ3n) is 2.94. The van der Waals surface area contributed by atoms with Crippen molar-refractivity contribution in [3.8, 4) is 0 Å². The van der Waals surface area contributed by atoms with Gasteiger partial charge in [0, 0.05) is 5.92 Å². The first-order valence-corrected chi connectivity index (χ1v) is 6.63. The topological polar surface area (TPSA) is 49.3 Å². The zero-order chi connectivity index (χ0) is 13.3. The van der Waals surface area contributed by atoms with E-state index < -0.39 is 10.0 Å². The van der Waals surface area contributed by atoms with Crippen LogP contribution in [-0.2, 0) is 4.79 Å². The van der Waals surface area contributed by atoms with Crippen molar-refractivity contribution in [1.82, 2.24) is 5.32 Å². The van der Waals surface area contributed by atoms with Gasteiger partial charge in [-0.1, -0.05) is 65.1 Å². The SMILES string of the molecule is O=C(N[C@H](O)C(Cl)(Cl)Cl)[C@H]1C[C@H]1c1ccccc1. The standard InChI is InChI=1S/C12H12Cl3NO2/c13-12(14,15)11(18)16-10(17)9-6-8(9)7-4-2-1-3-5-7/h1-5,8-9,11,18H,6H2,(H,16,17)/t8-,9-,11+/m0/s1. The Morgan fingerprint density at radius 1 is 1.33 bits per heavy atom. The van der Waals surface area contributed by atoms with Crippen LogP contribution >= 0.6 is 34.8 Å². The summed E-state index contributed by atoms with van der Waals surface area (Å²) in [4.78, 5) is 11.8.